The largest absolute Gasteiger partial charge is 0.490 e. The van der Waals surface area contributed by atoms with Crippen LogP contribution in [0, 0.1) is 0 Å². The molecule has 0 saturated carbocycles. The summed E-state index contributed by atoms with van der Waals surface area (Å²) in [5, 5.41) is 10.3. The summed E-state index contributed by atoms with van der Waals surface area (Å²) >= 11 is 11.0. The Hall–Kier alpha value is -3.27. The number of amides is 1. The predicted octanol–water partition coefficient (Wildman–Crippen LogP) is 7.01. The molecule has 7 nitrogen and oxygen atoms in total. The quantitative estimate of drug-likeness (QED) is 0.279. The number of hydrogen-bond donors (Lipinski definition) is 1. The minimum absolute atomic E-state index is 0.125. The third-order valence-electron chi connectivity index (χ3n) is 5.28. The number of halogens is 2. The summed E-state index contributed by atoms with van der Waals surface area (Å²) in [7, 11) is 1.63. The Kier molecular flexibility index (Phi) is 8.58. The lowest BCUT2D eigenvalue weighted by Crippen LogP contribution is -2.23. The van der Waals surface area contributed by atoms with E-state index in [0.717, 1.165) is 11.1 Å². The van der Waals surface area contributed by atoms with E-state index in [4.69, 9.17) is 21.1 Å². The third-order valence-corrected chi connectivity index (χ3v) is 7.30. The number of amidine groups is 1. The average molecular weight is 602 g/mol. The van der Waals surface area contributed by atoms with Gasteiger partial charge in [-0.25, -0.2) is 9.79 Å². The second kappa shape index (κ2) is 11.9. The standard InChI is InChI=1S/C27H22BrClN2O5S/c1-3-35-22-12-16(11-20(28)24(22)36-15-18-7-4-5-10-21(18)29)13-23-25(32)31(2)27(37-23)30-19-9-6-8-17(14-19)26(33)34/h4-14H,3,15H2,1-2H3,(H,33,34). The van der Waals surface area contributed by atoms with Crippen LogP contribution in [0.25, 0.3) is 6.08 Å². The molecule has 0 unspecified atom stereocenters. The van der Waals surface area contributed by atoms with Crippen molar-refractivity contribution < 1.29 is 24.2 Å². The van der Waals surface area contributed by atoms with Crippen LogP contribution < -0.4 is 9.47 Å². The lowest BCUT2D eigenvalue weighted by Gasteiger charge is -2.15. The van der Waals surface area contributed by atoms with E-state index in [2.05, 4.69) is 20.9 Å². The number of thioether (sulfide) groups is 1. The molecule has 37 heavy (non-hydrogen) atoms. The first-order chi connectivity index (χ1) is 17.8. The van der Waals surface area contributed by atoms with E-state index in [0.29, 0.717) is 43.4 Å². The molecule has 1 fully saturated rings. The fourth-order valence-corrected chi connectivity index (χ4v) is 5.21. The van der Waals surface area contributed by atoms with Crippen molar-refractivity contribution in [2.45, 2.75) is 13.5 Å². The zero-order chi connectivity index (χ0) is 26.5. The second-order valence-electron chi connectivity index (χ2n) is 7.87. The molecule has 1 amide bonds. The van der Waals surface area contributed by atoms with Gasteiger partial charge in [-0.2, -0.15) is 0 Å². The van der Waals surface area contributed by atoms with Crippen LogP contribution in [0.5, 0.6) is 11.5 Å². The summed E-state index contributed by atoms with van der Waals surface area (Å²) in [5.74, 6) is -0.196. The van der Waals surface area contributed by atoms with Crippen molar-refractivity contribution in [3.8, 4) is 11.5 Å². The van der Waals surface area contributed by atoms with Crippen LogP contribution in [0.15, 0.2) is 75.0 Å². The summed E-state index contributed by atoms with van der Waals surface area (Å²) in [6, 6.07) is 17.4. The van der Waals surface area contributed by atoms with Crippen molar-refractivity contribution >= 4 is 68.1 Å². The fourth-order valence-electron chi connectivity index (χ4n) is 3.46. The molecule has 0 aliphatic carbocycles. The Balaban J connectivity index is 1.60. The Morgan fingerprint density at radius 2 is 1.95 bits per heavy atom. The number of carboxylic acid groups (broad SMARTS) is 1. The molecule has 4 rings (SSSR count). The Labute approximate surface area is 231 Å². The molecule has 0 bridgehead atoms. The number of ether oxygens (including phenoxy) is 2. The molecule has 0 atom stereocenters. The maximum atomic E-state index is 12.9. The van der Waals surface area contributed by atoms with Crippen molar-refractivity contribution in [2.24, 2.45) is 4.99 Å². The lowest BCUT2D eigenvalue weighted by atomic mass is 10.1. The molecule has 0 radical (unpaired) electrons. The van der Waals surface area contributed by atoms with Crippen molar-refractivity contribution in [1.82, 2.24) is 4.90 Å². The number of hydrogen-bond acceptors (Lipinski definition) is 6. The molecule has 1 N–H and O–H groups in total. The zero-order valence-electron chi connectivity index (χ0n) is 19.9. The third kappa shape index (κ3) is 6.36. The summed E-state index contributed by atoms with van der Waals surface area (Å²) in [5.41, 5.74) is 2.16. The SMILES string of the molecule is CCOc1cc(C=C2SC(=Nc3cccc(C(=O)O)c3)N(C)C2=O)cc(Br)c1OCc1ccccc1Cl. The summed E-state index contributed by atoms with van der Waals surface area (Å²) < 4.78 is 12.5. The first kappa shape index (κ1) is 26.8. The molecule has 10 heteroatoms. The molecule has 1 heterocycles. The Morgan fingerprint density at radius 3 is 2.68 bits per heavy atom. The number of likely N-dealkylation sites (N-methyl/N-ethyl adjacent to an activating group) is 1. The summed E-state index contributed by atoms with van der Waals surface area (Å²) in [6.45, 7) is 2.57. The number of rotatable bonds is 8. The van der Waals surface area contributed by atoms with Crippen LogP contribution in [0.2, 0.25) is 5.02 Å². The number of carboxylic acids is 1. The molecule has 0 spiro atoms. The van der Waals surface area contributed by atoms with E-state index in [1.54, 1.807) is 25.3 Å². The molecule has 1 saturated heterocycles. The van der Waals surface area contributed by atoms with Gasteiger partial charge >= 0.3 is 5.97 Å². The van der Waals surface area contributed by atoms with E-state index < -0.39 is 5.97 Å². The Bertz CT molecular complexity index is 1430. The van der Waals surface area contributed by atoms with Gasteiger partial charge in [0, 0.05) is 17.6 Å². The average Bonchev–Trinajstić information content (AvgIpc) is 3.12. The van der Waals surface area contributed by atoms with Gasteiger partial charge in [-0.05, 0) is 82.7 Å². The highest BCUT2D eigenvalue weighted by Gasteiger charge is 2.30. The van der Waals surface area contributed by atoms with Crippen molar-refractivity contribution in [1.29, 1.82) is 0 Å². The first-order valence-electron chi connectivity index (χ1n) is 11.2. The predicted molar refractivity (Wildman–Crippen MR) is 150 cm³/mol. The van der Waals surface area contributed by atoms with Crippen LogP contribution in [-0.4, -0.2) is 40.7 Å². The van der Waals surface area contributed by atoms with E-state index in [-0.39, 0.29) is 18.1 Å². The molecule has 190 valence electrons. The molecular weight excluding hydrogens is 580 g/mol. The van der Waals surface area contributed by atoms with Gasteiger partial charge in [-0.3, -0.25) is 9.69 Å². The number of benzene rings is 3. The van der Waals surface area contributed by atoms with Gasteiger partial charge in [0.15, 0.2) is 16.7 Å². The van der Waals surface area contributed by atoms with Gasteiger partial charge in [0.05, 0.1) is 27.2 Å². The fraction of sp³-hybridized carbons (Fsp3) is 0.148. The molecule has 3 aromatic carbocycles. The maximum absolute atomic E-state index is 12.9. The lowest BCUT2D eigenvalue weighted by molar-refractivity contribution is -0.121. The van der Waals surface area contributed by atoms with E-state index in [9.17, 15) is 14.7 Å². The van der Waals surface area contributed by atoms with E-state index in [1.165, 1.54) is 28.8 Å². The molecular formula is C27H22BrClN2O5S. The Morgan fingerprint density at radius 1 is 1.16 bits per heavy atom. The molecule has 3 aromatic rings. The number of aliphatic imine (C=N–C) groups is 1. The van der Waals surface area contributed by atoms with Crippen LogP contribution in [-0.2, 0) is 11.4 Å². The molecule has 1 aliphatic rings. The highest BCUT2D eigenvalue weighted by atomic mass is 79.9. The van der Waals surface area contributed by atoms with E-state index >= 15 is 0 Å². The highest BCUT2D eigenvalue weighted by Crippen LogP contribution is 2.40. The zero-order valence-corrected chi connectivity index (χ0v) is 23.1. The van der Waals surface area contributed by atoms with Crippen LogP contribution in [0.3, 0.4) is 0 Å². The van der Waals surface area contributed by atoms with Gasteiger partial charge in [-0.15, -0.1) is 0 Å². The van der Waals surface area contributed by atoms with Gasteiger partial charge < -0.3 is 14.6 Å². The maximum Gasteiger partial charge on any atom is 0.335 e. The summed E-state index contributed by atoms with van der Waals surface area (Å²) in [4.78, 5) is 30.6. The topological polar surface area (TPSA) is 88.4 Å². The van der Waals surface area contributed by atoms with Crippen LogP contribution in [0.1, 0.15) is 28.4 Å². The highest BCUT2D eigenvalue weighted by molar-refractivity contribution is 9.10. The minimum Gasteiger partial charge on any atom is -0.490 e. The minimum atomic E-state index is -1.04. The summed E-state index contributed by atoms with van der Waals surface area (Å²) in [6.07, 6.45) is 1.75. The number of aromatic carboxylic acids is 1. The van der Waals surface area contributed by atoms with Gasteiger partial charge in [0.1, 0.15) is 6.61 Å². The first-order valence-corrected chi connectivity index (χ1v) is 13.2. The normalized spacial score (nSPS) is 15.5. The van der Waals surface area contributed by atoms with Crippen molar-refractivity contribution in [2.75, 3.05) is 13.7 Å². The molecule has 0 aromatic heterocycles. The van der Waals surface area contributed by atoms with Gasteiger partial charge in [0.25, 0.3) is 5.91 Å². The van der Waals surface area contributed by atoms with E-state index in [1.807, 2.05) is 43.3 Å². The number of carbonyl (C=O) groups is 2. The molecule has 1 aliphatic heterocycles. The number of nitrogens with zero attached hydrogens (tertiary/aromatic N) is 2. The van der Waals surface area contributed by atoms with Crippen LogP contribution >= 0.6 is 39.3 Å². The van der Waals surface area contributed by atoms with Crippen molar-refractivity contribution in [3.05, 3.63) is 91.8 Å². The monoisotopic (exact) mass is 600 g/mol. The smallest absolute Gasteiger partial charge is 0.335 e. The number of carbonyl (C=O) groups excluding carboxylic acids is 1. The second-order valence-corrected chi connectivity index (χ2v) is 10.1. The van der Waals surface area contributed by atoms with Gasteiger partial charge in [0.2, 0.25) is 0 Å². The van der Waals surface area contributed by atoms with Crippen molar-refractivity contribution in [3.63, 3.8) is 0 Å². The van der Waals surface area contributed by atoms with Crippen LogP contribution in [0.4, 0.5) is 5.69 Å². The van der Waals surface area contributed by atoms with Gasteiger partial charge in [-0.1, -0.05) is 35.9 Å².